The number of nitrogens with one attached hydrogen (secondary N) is 1. The van der Waals surface area contributed by atoms with Crippen molar-refractivity contribution in [3.63, 3.8) is 0 Å². The fourth-order valence-electron chi connectivity index (χ4n) is 2.82. The highest BCUT2D eigenvalue weighted by molar-refractivity contribution is 5.73. The molecule has 0 bridgehead atoms. The highest BCUT2D eigenvalue weighted by atomic mass is 16.7. The standard InChI is InChI=1S/C18H35NO9/c1-13(21)19-14-11-15(28-18(2,3)22)16(27-17(14)23-4)12-26-10-9-25-8-7-24-6-5-20/h14-17,20,22H,5-12H2,1-4H3,(H,19,21)/t14-,15?,16-,17+/m1/s1. The molecular formula is C18H35NO9. The van der Waals surface area contributed by atoms with Crippen molar-refractivity contribution in [2.24, 2.45) is 0 Å². The first-order chi connectivity index (χ1) is 13.3. The molecule has 0 aromatic carbocycles. The molecule has 1 aliphatic heterocycles. The predicted molar refractivity (Wildman–Crippen MR) is 98.6 cm³/mol. The number of methoxy groups -OCH3 is 1. The molecule has 0 radical (unpaired) electrons. The van der Waals surface area contributed by atoms with Crippen LogP contribution in [0.25, 0.3) is 0 Å². The van der Waals surface area contributed by atoms with Crippen molar-refractivity contribution >= 4 is 5.91 Å². The highest BCUT2D eigenvalue weighted by Gasteiger charge is 2.41. The lowest BCUT2D eigenvalue weighted by Gasteiger charge is -2.42. The van der Waals surface area contributed by atoms with E-state index in [-0.39, 0.29) is 19.1 Å². The average Bonchev–Trinajstić information content (AvgIpc) is 2.60. The minimum atomic E-state index is -1.36. The second-order valence-electron chi connectivity index (χ2n) is 6.95. The second kappa shape index (κ2) is 13.4. The molecule has 0 spiro atoms. The quantitative estimate of drug-likeness (QED) is 0.255. The van der Waals surface area contributed by atoms with Crippen LogP contribution < -0.4 is 5.32 Å². The van der Waals surface area contributed by atoms with Gasteiger partial charge in [0, 0.05) is 20.5 Å². The third-order valence-corrected chi connectivity index (χ3v) is 3.86. The van der Waals surface area contributed by atoms with Crippen LogP contribution in [0.5, 0.6) is 0 Å². The SMILES string of the molecule is CO[C@H]1O[C@H](COCCOCCOCCO)C(OC(C)(C)O)C[C@H]1NC(C)=O. The molecule has 1 amide bonds. The van der Waals surface area contributed by atoms with E-state index < -0.39 is 30.3 Å². The molecule has 10 heteroatoms. The molecule has 1 unspecified atom stereocenters. The Morgan fingerprint density at radius 1 is 1.14 bits per heavy atom. The van der Waals surface area contributed by atoms with Gasteiger partial charge in [-0.1, -0.05) is 0 Å². The Bertz CT molecular complexity index is 430. The molecule has 10 nitrogen and oxygen atoms in total. The van der Waals surface area contributed by atoms with E-state index in [4.69, 9.17) is 33.5 Å². The van der Waals surface area contributed by atoms with Crippen LogP contribution in [-0.2, 0) is 33.2 Å². The van der Waals surface area contributed by atoms with Crippen molar-refractivity contribution in [1.29, 1.82) is 0 Å². The molecule has 1 saturated heterocycles. The first-order valence-corrected chi connectivity index (χ1v) is 9.46. The molecule has 4 atom stereocenters. The smallest absolute Gasteiger partial charge is 0.217 e. The van der Waals surface area contributed by atoms with Gasteiger partial charge < -0.3 is 44.0 Å². The Kier molecular flexibility index (Phi) is 12.0. The molecule has 1 aliphatic rings. The van der Waals surface area contributed by atoms with E-state index in [1.807, 2.05) is 0 Å². The number of rotatable bonds is 14. The van der Waals surface area contributed by atoms with Crippen molar-refractivity contribution in [3.8, 4) is 0 Å². The number of hydrogen-bond acceptors (Lipinski definition) is 9. The van der Waals surface area contributed by atoms with Gasteiger partial charge in [0.25, 0.3) is 0 Å². The van der Waals surface area contributed by atoms with E-state index in [2.05, 4.69) is 5.32 Å². The van der Waals surface area contributed by atoms with Crippen LogP contribution in [0.2, 0.25) is 0 Å². The fourth-order valence-corrected chi connectivity index (χ4v) is 2.82. The third kappa shape index (κ3) is 10.6. The maximum atomic E-state index is 11.4. The highest BCUT2D eigenvalue weighted by Crippen LogP contribution is 2.26. The van der Waals surface area contributed by atoms with E-state index >= 15 is 0 Å². The van der Waals surface area contributed by atoms with Gasteiger partial charge in [0.1, 0.15) is 6.10 Å². The molecule has 3 N–H and O–H groups in total. The summed E-state index contributed by atoms with van der Waals surface area (Å²) in [5.74, 6) is -1.56. The molecule has 1 heterocycles. The summed E-state index contributed by atoms with van der Waals surface area (Å²) >= 11 is 0. The summed E-state index contributed by atoms with van der Waals surface area (Å²) in [6, 6.07) is -0.395. The van der Waals surface area contributed by atoms with E-state index in [0.29, 0.717) is 39.5 Å². The maximum Gasteiger partial charge on any atom is 0.217 e. The predicted octanol–water partition coefficient (Wildman–Crippen LogP) is -0.592. The summed E-state index contributed by atoms with van der Waals surface area (Å²) in [6.07, 6.45) is -1.20. The molecule has 28 heavy (non-hydrogen) atoms. The summed E-state index contributed by atoms with van der Waals surface area (Å²) < 4.78 is 33.0. The monoisotopic (exact) mass is 409 g/mol. The van der Waals surface area contributed by atoms with Gasteiger partial charge in [-0.2, -0.15) is 0 Å². The molecule has 0 aromatic heterocycles. The zero-order valence-corrected chi connectivity index (χ0v) is 17.2. The Hall–Kier alpha value is -0.850. The lowest BCUT2D eigenvalue weighted by Crippen LogP contribution is -2.57. The van der Waals surface area contributed by atoms with Crippen LogP contribution in [0.1, 0.15) is 27.2 Å². The Balaban J connectivity index is 2.45. The van der Waals surface area contributed by atoms with Crippen LogP contribution in [0.3, 0.4) is 0 Å². The van der Waals surface area contributed by atoms with Gasteiger partial charge in [-0.3, -0.25) is 4.79 Å². The van der Waals surface area contributed by atoms with Gasteiger partial charge in [-0.15, -0.1) is 0 Å². The Labute approximate surface area is 166 Å². The molecular weight excluding hydrogens is 374 g/mol. The Morgan fingerprint density at radius 2 is 1.75 bits per heavy atom. The largest absolute Gasteiger partial charge is 0.394 e. The van der Waals surface area contributed by atoms with Gasteiger partial charge in [0.2, 0.25) is 5.91 Å². The number of amides is 1. The molecule has 0 aliphatic carbocycles. The van der Waals surface area contributed by atoms with Crippen LogP contribution in [0.4, 0.5) is 0 Å². The summed E-state index contributed by atoms with van der Waals surface area (Å²) in [4.78, 5) is 11.4. The van der Waals surface area contributed by atoms with Gasteiger partial charge >= 0.3 is 0 Å². The number of ether oxygens (including phenoxy) is 6. The topological polar surface area (TPSA) is 125 Å². The van der Waals surface area contributed by atoms with Crippen LogP contribution >= 0.6 is 0 Å². The van der Waals surface area contributed by atoms with Crippen molar-refractivity contribution in [2.75, 3.05) is 53.4 Å². The summed E-state index contributed by atoms with van der Waals surface area (Å²) in [5.41, 5.74) is 0. The number of aliphatic hydroxyl groups excluding tert-OH is 1. The third-order valence-electron chi connectivity index (χ3n) is 3.86. The minimum Gasteiger partial charge on any atom is -0.394 e. The van der Waals surface area contributed by atoms with Crippen molar-refractivity contribution < 1.29 is 43.4 Å². The van der Waals surface area contributed by atoms with E-state index in [0.717, 1.165) is 0 Å². The van der Waals surface area contributed by atoms with Crippen LogP contribution in [0, 0.1) is 0 Å². The fraction of sp³-hybridized carbons (Fsp3) is 0.944. The molecule has 0 saturated carbocycles. The number of hydrogen-bond donors (Lipinski definition) is 3. The molecule has 166 valence electrons. The van der Waals surface area contributed by atoms with Gasteiger partial charge in [0.05, 0.1) is 58.4 Å². The molecule has 0 aromatic rings. The Morgan fingerprint density at radius 3 is 2.29 bits per heavy atom. The maximum absolute atomic E-state index is 11.4. The average molecular weight is 409 g/mol. The first kappa shape index (κ1) is 25.2. The molecule has 1 rings (SSSR count). The summed E-state index contributed by atoms with van der Waals surface area (Å²) in [6.45, 7) is 6.55. The minimum absolute atomic E-state index is 0.0103. The first-order valence-electron chi connectivity index (χ1n) is 9.46. The summed E-state index contributed by atoms with van der Waals surface area (Å²) in [5, 5.41) is 21.4. The number of carbonyl (C=O) groups excluding carboxylic acids is 1. The van der Waals surface area contributed by atoms with Gasteiger partial charge in [-0.25, -0.2) is 0 Å². The number of carbonyl (C=O) groups is 1. The van der Waals surface area contributed by atoms with Crippen molar-refractivity contribution in [3.05, 3.63) is 0 Å². The normalized spacial score (nSPS) is 25.6. The van der Waals surface area contributed by atoms with Crippen molar-refractivity contribution in [2.45, 2.75) is 57.5 Å². The second-order valence-corrected chi connectivity index (χ2v) is 6.95. The van der Waals surface area contributed by atoms with E-state index in [9.17, 15) is 9.90 Å². The van der Waals surface area contributed by atoms with Crippen LogP contribution in [0.15, 0.2) is 0 Å². The van der Waals surface area contributed by atoms with E-state index in [1.54, 1.807) is 0 Å². The van der Waals surface area contributed by atoms with Gasteiger partial charge in [0.15, 0.2) is 12.1 Å². The van der Waals surface area contributed by atoms with Crippen LogP contribution in [-0.4, -0.2) is 99.8 Å². The zero-order chi connectivity index (χ0) is 21.0. The molecule has 1 fully saturated rings. The van der Waals surface area contributed by atoms with E-state index in [1.165, 1.54) is 27.9 Å². The zero-order valence-electron chi connectivity index (χ0n) is 17.2. The van der Waals surface area contributed by atoms with Crippen molar-refractivity contribution in [1.82, 2.24) is 5.32 Å². The van der Waals surface area contributed by atoms with Gasteiger partial charge in [-0.05, 0) is 13.8 Å². The number of aliphatic hydroxyl groups is 2. The summed E-state index contributed by atoms with van der Waals surface area (Å²) in [7, 11) is 1.50. The lowest BCUT2D eigenvalue weighted by molar-refractivity contribution is -0.289. The lowest BCUT2D eigenvalue weighted by atomic mass is 10.00.